The van der Waals surface area contributed by atoms with Crippen molar-refractivity contribution in [1.82, 2.24) is 14.9 Å². The smallest absolute Gasteiger partial charge is 0.287 e. The van der Waals surface area contributed by atoms with Gasteiger partial charge in [-0.15, -0.1) is 0 Å². The number of aliphatic hydroxyl groups is 3. The summed E-state index contributed by atoms with van der Waals surface area (Å²) in [4.78, 5) is 27.2. The molecule has 0 saturated carbocycles. The standard InChI is InChI=1S/C13H18IN3O6S/c1-5(19)15-8-10(21)9(20)7(4-18)23-12(8)17-3-6(14)11(22)16-13(17)24-2/h3,7-10,12,18,20-21H,4H2,1-2H3,(H,15,19)/t7-,8-,9-,10-,12-/m1/s1. The van der Waals surface area contributed by atoms with Crippen molar-refractivity contribution in [2.45, 2.75) is 42.7 Å². The van der Waals surface area contributed by atoms with E-state index in [1.807, 2.05) is 22.6 Å². The average Bonchev–Trinajstić information content (AvgIpc) is 2.54. The molecular formula is C13H18IN3O6S. The van der Waals surface area contributed by atoms with Crippen LogP contribution in [0.4, 0.5) is 0 Å². The Morgan fingerprint density at radius 1 is 1.50 bits per heavy atom. The number of carbonyl (C=O) groups is 1. The summed E-state index contributed by atoms with van der Waals surface area (Å²) in [6.45, 7) is 0.762. The van der Waals surface area contributed by atoms with Gasteiger partial charge in [-0.05, 0) is 28.8 Å². The highest BCUT2D eigenvalue weighted by Crippen LogP contribution is 2.30. The number of amides is 1. The fourth-order valence-corrected chi connectivity index (χ4v) is 3.45. The van der Waals surface area contributed by atoms with Crippen molar-refractivity contribution in [3.8, 4) is 0 Å². The number of hydrogen-bond acceptors (Lipinski definition) is 8. The average molecular weight is 471 g/mol. The Hall–Kier alpha value is -0.730. The number of carbonyl (C=O) groups excluding carboxylic acids is 1. The molecule has 1 fully saturated rings. The topological polar surface area (TPSA) is 134 Å². The Kier molecular flexibility index (Phi) is 6.61. The maximum absolute atomic E-state index is 11.7. The van der Waals surface area contributed by atoms with E-state index < -0.39 is 48.7 Å². The van der Waals surface area contributed by atoms with Crippen LogP contribution >= 0.6 is 34.4 Å². The second-order valence-electron chi connectivity index (χ2n) is 5.24. The third-order valence-corrected chi connectivity index (χ3v) is 5.01. The molecule has 1 aliphatic rings. The number of ether oxygens (including phenoxy) is 1. The largest absolute Gasteiger partial charge is 0.394 e. The van der Waals surface area contributed by atoms with Crippen LogP contribution < -0.4 is 10.9 Å². The van der Waals surface area contributed by atoms with E-state index in [2.05, 4.69) is 10.3 Å². The van der Waals surface area contributed by atoms with Gasteiger partial charge in [0, 0.05) is 13.1 Å². The van der Waals surface area contributed by atoms with E-state index in [4.69, 9.17) is 4.74 Å². The lowest BCUT2D eigenvalue weighted by molar-refractivity contribution is -0.218. The third-order valence-electron chi connectivity index (χ3n) is 3.60. The van der Waals surface area contributed by atoms with E-state index >= 15 is 0 Å². The highest BCUT2D eigenvalue weighted by molar-refractivity contribution is 14.1. The zero-order chi connectivity index (χ0) is 18.0. The van der Waals surface area contributed by atoms with Crippen molar-refractivity contribution in [1.29, 1.82) is 0 Å². The molecule has 1 saturated heterocycles. The molecule has 1 aromatic heterocycles. The van der Waals surface area contributed by atoms with Crippen LogP contribution in [0.3, 0.4) is 0 Å². The molecule has 2 heterocycles. The van der Waals surface area contributed by atoms with Crippen LogP contribution in [0.5, 0.6) is 0 Å². The van der Waals surface area contributed by atoms with Gasteiger partial charge in [-0.25, -0.2) is 0 Å². The number of hydrogen-bond donors (Lipinski definition) is 4. The predicted octanol–water partition coefficient (Wildman–Crippen LogP) is -1.31. The SMILES string of the molecule is CSc1nc(=O)c(I)cn1[C@@H]1O[C@H](CO)[C@@H](O)[C@H](O)[C@H]1NC(C)=O. The van der Waals surface area contributed by atoms with Crippen molar-refractivity contribution < 1.29 is 24.9 Å². The fraction of sp³-hybridized carbons (Fsp3) is 0.615. The Balaban J connectivity index is 2.52. The quantitative estimate of drug-likeness (QED) is 0.242. The van der Waals surface area contributed by atoms with E-state index in [-0.39, 0.29) is 0 Å². The number of aromatic nitrogens is 2. The maximum Gasteiger partial charge on any atom is 0.287 e. The summed E-state index contributed by atoms with van der Waals surface area (Å²) in [6.07, 6.45) is -1.50. The number of rotatable bonds is 4. The molecule has 5 atom stereocenters. The van der Waals surface area contributed by atoms with Gasteiger partial charge < -0.3 is 25.4 Å². The second-order valence-corrected chi connectivity index (χ2v) is 7.18. The minimum Gasteiger partial charge on any atom is -0.394 e. The van der Waals surface area contributed by atoms with E-state index in [1.165, 1.54) is 29.4 Å². The molecule has 0 aromatic carbocycles. The van der Waals surface area contributed by atoms with Gasteiger partial charge in [-0.2, -0.15) is 4.98 Å². The fourth-order valence-electron chi connectivity index (χ4n) is 2.49. The lowest BCUT2D eigenvalue weighted by Gasteiger charge is -2.43. The van der Waals surface area contributed by atoms with Gasteiger partial charge in [0.1, 0.15) is 24.4 Å². The normalized spacial score (nSPS) is 30.2. The van der Waals surface area contributed by atoms with Crippen LogP contribution in [-0.2, 0) is 9.53 Å². The van der Waals surface area contributed by atoms with E-state index in [0.717, 1.165) is 0 Å². The van der Waals surface area contributed by atoms with Crippen molar-refractivity contribution >= 4 is 40.3 Å². The monoisotopic (exact) mass is 471 g/mol. The first kappa shape index (κ1) is 19.6. The van der Waals surface area contributed by atoms with Gasteiger partial charge >= 0.3 is 0 Å². The number of halogens is 1. The molecule has 1 aliphatic heterocycles. The molecule has 0 bridgehead atoms. The van der Waals surface area contributed by atoms with Crippen LogP contribution in [0.15, 0.2) is 16.1 Å². The minimum absolute atomic E-state index is 0.320. The summed E-state index contributed by atoms with van der Waals surface area (Å²) in [5.41, 5.74) is -0.401. The third kappa shape index (κ3) is 3.91. The minimum atomic E-state index is -1.37. The molecule has 1 amide bonds. The first-order valence-corrected chi connectivity index (χ1v) is 9.32. The maximum atomic E-state index is 11.7. The number of nitrogens with zero attached hydrogens (tertiary/aromatic N) is 2. The molecule has 0 radical (unpaired) electrons. The first-order chi connectivity index (χ1) is 11.3. The van der Waals surface area contributed by atoms with Gasteiger partial charge in [0.2, 0.25) is 5.91 Å². The molecule has 134 valence electrons. The molecule has 4 N–H and O–H groups in total. The van der Waals surface area contributed by atoms with Gasteiger partial charge in [0.25, 0.3) is 5.56 Å². The van der Waals surface area contributed by atoms with E-state index in [1.54, 1.807) is 6.26 Å². The molecule has 0 spiro atoms. The molecule has 9 nitrogen and oxygen atoms in total. The summed E-state index contributed by atoms with van der Waals surface area (Å²) in [5, 5.41) is 32.6. The highest BCUT2D eigenvalue weighted by Gasteiger charge is 2.46. The Morgan fingerprint density at radius 2 is 2.17 bits per heavy atom. The molecule has 0 aliphatic carbocycles. The number of nitrogens with one attached hydrogen (secondary N) is 1. The number of aliphatic hydroxyl groups excluding tert-OH is 3. The van der Waals surface area contributed by atoms with Gasteiger partial charge in [-0.3, -0.25) is 14.2 Å². The molecule has 0 unspecified atom stereocenters. The van der Waals surface area contributed by atoms with Crippen molar-refractivity contribution in [2.75, 3.05) is 12.9 Å². The second kappa shape index (κ2) is 8.10. The van der Waals surface area contributed by atoms with Gasteiger partial charge in [-0.1, -0.05) is 11.8 Å². The summed E-state index contributed by atoms with van der Waals surface area (Å²) in [5.74, 6) is -0.420. The summed E-state index contributed by atoms with van der Waals surface area (Å²) in [7, 11) is 0. The molecule has 11 heteroatoms. The molecule has 2 rings (SSSR count). The Bertz CT molecular complexity index is 672. The predicted molar refractivity (Wildman–Crippen MR) is 93.6 cm³/mol. The van der Waals surface area contributed by atoms with Crippen molar-refractivity contribution in [3.05, 3.63) is 20.1 Å². The van der Waals surface area contributed by atoms with Crippen LogP contribution in [0.1, 0.15) is 13.2 Å². The lowest BCUT2D eigenvalue weighted by atomic mass is 9.96. The van der Waals surface area contributed by atoms with Gasteiger partial charge in [0.15, 0.2) is 11.4 Å². The zero-order valence-electron chi connectivity index (χ0n) is 12.9. The highest BCUT2D eigenvalue weighted by atomic mass is 127. The lowest BCUT2D eigenvalue weighted by Crippen LogP contribution is -2.62. The van der Waals surface area contributed by atoms with Crippen LogP contribution in [0.25, 0.3) is 0 Å². The van der Waals surface area contributed by atoms with Crippen molar-refractivity contribution in [2.24, 2.45) is 0 Å². The van der Waals surface area contributed by atoms with Crippen LogP contribution in [0.2, 0.25) is 0 Å². The molecule has 24 heavy (non-hydrogen) atoms. The summed E-state index contributed by atoms with van der Waals surface area (Å²) >= 11 is 3.02. The Labute approximate surface area is 155 Å². The zero-order valence-corrected chi connectivity index (χ0v) is 15.9. The van der Waals surface area contributed by atoms with E-state index in [9.17, 15) is 24.9 Å². The molecule has 1 aromatic rings. The summed E-state index contributed by atoms with van der Waals surface area (Å²) < 4.78 is 7.52. The van der Waals surface area contributed by atoms with Crippen LogP contribution in [0, 0.1) is 3.57 Å². The number of thioether (sulfide) groups is 1. The van der Waals surface area contributed by atoms with Crippen LogP contribution in [-0.4, -0.2) is 68.0 Å². The Morgan fingerprint density at radius 3 is 2.71 bits per heavy atom. The van der Waals surface area contributed by atoms with Crippen molar-refractivity contribution in [3.63, 3.8) is 0 Å². The van der Waals surface area contributed by atoms with E-state index in [0.29, 0.717) is 8.73 Å². The summed E-state index contributed by atoms with van der Waals surface area (Å²) in [6, 6.07) is -0.980. The first-order valence-electron chi connectivity index (χ1n) is 7.02. The molecular weight excluding hydrogens is 453 g/mol. The van der Waals surface area contributed by atoms with Gasteiger partial charge in [0.05, 0.1) is 10.2 Å².